The van der Waals surface area contributed by atoms with Crippen molar-refractivity contribution in [1.82, 2.24) is 0 Å². The van der Waals surface area contributed by atoms with E-state index >= 15 is 0 Å². The van der Waals surface area contributed by atoms with Crippen LogP contribution in [0.1, 0.15) is 0 Å². The van der Waals surface area contributed by atoms with Crippen LogP contribution in [0.3, 0.4) is 0 Å². The number of benzene rings is 1. The molecule has 0 spiro atoms. The second-order valence-electron chi connectivity index (χ2n) is 2.50. The van der Waals surface area contributed by atoms with Crippen LogP contribution >= 0.6 is 43.5 Å². The molecule has 0 aromatic heterocycles. The Morgan fingerprint density at radius 3 is 2.79 bits per heavy atom. The molecule has 0 fully saturated rings. The minimum atomic E-state index is -0.509. The molecule has 0 radical (unpaired) electrons. The molecule has 0 saturated heterocycles. The topological polar surface area (TPSA) is 9.23 Å². The Kier molecular flexibility index (Phi) is 4.41. The summed E-state index contributed by atoms with van der Waals surface area (Å²) in [5.74, 6) is -0.113. The predicted molar refractivity (Wildman–Crippen MR) is 62.7 cm³/mol. The van der Waals surface area contributed by atoms with Gasteiger partial charge in [-0.25, -0.2) is 4.39 Å². The minimum absolute atomic E-state index is 0.0573. The molecule has 0 heterocycles. The lowest BCUT2D eigenvalue weighted by Crippen LogP contribution is -1.97. The summed E-state index contributed by atoms with van der Waals surface area (Å²) in [5, 5.41) is 0.0573. The lowest BCUT2D eigenvalue weighted by molar-refractivity contribution is 0.356. The predicted octanol–water partition coefficient (Wildman–Crippen LogP) is 4.53. The molecule has 0 aliphatic rings. The van der Waals surface area contributed by atoms with Crippen molar-refractivity contribution in [2.45, 2.75) is 0 Å². The van der Waals surface area contributed by atoms with E-state index in [-0.39, 0.29) is 11.6 Å². The Bertz CT molecular complexity index is 368. The first-order valence-corrected chi connectivity index (χ1v) is 5.57. The van der Waals surface area contributed by atoms with Crippen LogP contribution < -0.4 is 4.74 Å². The van der Waals surface area contributed by atoms with E-state index in [2.05, 4.69) is 38.4 Å². The molecular formula is C9H6Br2ClFO. The summed E-state index contributed by atoms with van der Waals surface area (Å²) < 4.78 is 19.5. The summed E-state index contributed by atoms with van der Waals surface area (Å²) in [7, 11) is 0. The van der Waals surface area contributed by atoms with Gasteiger partial charge in [-0.1, -0.05) is 34.1 Å². The Hall–Kier alpha value is -0.0600. The Labute approximate surface area is 103 Å². The molecule has 1 rings (SSSR count). The van der Waals surface area contributed by atoms with Crippen molar-refractivity contribution < 1.29 is 9.13 Å². The molecule has 76 valence electrons. The van der Waals surface area contributed by atoms with Gasteiger partial charge in [-0.15, -0.1) is 0 Å². The molecule has 0 aliphatic heterocycles. The van der Waals surface area contributed by atoms with Crippen molar-refractivity contribution in [3.8, 4) is 5.75 Å². The van der Waals surface area contributed by atoms with Crippen LogP contribution in [0.4, 0.5) is 4.39 Å². The Morgan fingerprint density at radius 2 is 2.21 bits per heavy atom. The largest absolute Gasteiger partial charge is 0.487 e. The van der Waals surface area contributed by atoms with E-state index in [4.69, 9.17) is 16.3 Å². The second kappa shape index (κ2) is 5.14. The molecule has 0 atom stereocenters. The summed E-state index contributed by atoms with van der Waals surface area (Å²) in [6.07, 6.45) is 0. The lowest BCUT2D eigenvalue weighted by atomic mass is 10.3. The van der Waals surface area contributed by atoms with Crippen molar-refractivity contribution in [1.29, 1.82) is 0 Å². The molecule has 14 heavy (non-hydrogen) atoms. The molecule has 0 amide bonds. The zero-order valence-corrected chi connectivity index (χ0v) is 10.9. The van der Waals surface area contributed by atoms with Gasteiger partial charge in [-0.3, -0.25) is 0 Å². The summed E-state index contributed by atoms with van der Waals surface area (Å²) in [5.41, 5.74) is 0. The maximum absolute atomic E-state index is 13.0. The van der Waals surface area contributed by atoms with Crippen molar-refractivity contribution in [3.05, 3.63) is 38.5 Å². The van der Waals surface area contributed by atoms with Gasteiger partial charge < -0.3 is 4.74 Å². The van der Waals surface area contributed by atoms with Crippen molar-refractivity contribution in [2.75, 3.05) is 6.61 Å². The maximum atomic E-state index is 13.0. The van der Waals surface area contributed by atoms with Crippen LogP contribution in [-0.2, 0) is 0 Å². The van der Waals surface area contributed by atoms with E-state index < -0.39 is 5.82 Å². The summed E-state index contributed by atoms with van der Waals surface area (Å²) >= 11 is 11.9. The number of rotatable bonds is 3. The molecule has 0 bridgehead atoms. The third kappa shape index (κ3) is 3.26. The fourth-order valence-corrected chi connectivity index (χ4v) is 1.64. The van der Waals surface area contributed by atoms with Crippen molar-refractivity contribution in [3.63, 3.8) is 0 Å². The minimum Gasteiger partial charge on any atom is -0.487 e. The zero-order chi connectivity index (χ0) is 10.7. The molecule has 5 heteroatoms. The smallest absolute Gasteiger partial charge is 0.145 e. The Morgan fingerprint density at radius 1 is 1.57 bits per heavy atom. The molecule has 0 unspecified atom stereocenters. The highest BCUT2D eigenvalue weighted by Crippen LogP contribution is 2.30. The van der Waals surface area contributed by atoms with Crippen molar-refractivity contribution in [2.24, 2.45) is 0 Å². The van der Waals surface area contributed by atoms with Gasteiger partial charge >= 0.3 is 0 Å². The first-order chi connectivity index (χ1) is 6.50. The number of halogens is 4. The summed E-state index contributed by atoms with van der Waals surface area (Å²) in [4.78, 5) is 0. The van der Waals surface area contributed by atoms with Gasteiger partial charge in [0.25, 0.3) is 0 Å². The lowest BCUT2D eigenvalue weighted by Gasteiger charge is -2.07. The van der Waals surface area contributed by atoms with Crippen LogP contribution in [0.15, 0.2) is 27.7 Å². The molecule has 1 aromatic carbocycles. The third-order valence-corrected chi connectivity index (χ3v) is 2.50. The van der Waals surface area contributed by atoms with Crippen LogP contribution in [-0.4, -0.2) is 6.61 Å². The van der Waals surface area contributed by atoms with Crippen LogP contribution in [0.2, 0.25) is 5.02 Å². The second-order valence-corrected chi connectivity index (χ2v) is 4.89. The average Bonchev–Trinajstić information content (AvgIpc) is 2.09. The van der Waals surface area contributed by atoms with Crippen LogP contribution in [0.5, 0.6) is 5.75 Å². The highest BCUT2D eigenvalue weighted by atomic mass is 79.9. The zero-order valence-electron chi connectivity index (χ0n) is 6.99. The van der Waals surface area contributed by atoms with Gasteiger partial charge in [0.15, 0.2) is 0 Å². The van der Waals surface area contributed by atoms with Gasteiger partial charge in [0, 0.05) is 10.5 Å². The van der Waals surface area contributed by atoms with E-state index in [0.29, 0.717) is 14.7 Å². The van der Waals surface area contributed by atoms with Gasteiger partial charge in [0.2, 0.25) is 0 Å². The van der Waals surface area contributed by atoms with Gasteiger partial charge in [0.05, 0.1) is 9.50 Å². The fourth-order valence-electron chi connectivity index (χ4n) is 0.771. The quantitative estimate of drug-likeness (QED) is 0.732. The highest BCUT2D eigenvalue weighted by molar-refractivity contribution is 9.11. The number of ether oxygens (including phenoxy) is 1. The van der Waals surface area contributed by atoms with E-state index in [1.807, 2.05) is 0 Å². The molecule has 0 saturated carbocycles. The van der Waals surface area contributed by atoms with Crippen molar-refractivity contribution >= 4 is 43.5 Å². The van der Waals surface area contributed by atoms with E-state index in [9.17, 15) is 4.39 Å². The Balaban J connectivity index is 2.87. The van der Waals surface area contributed by atoms with E-state index in [0.717, 1.165) is 0 Å². The van der Waals surface area contributed by atoms with Gasteiger partial charge in [-0.05, 0) is 22.0 Å². The van der Waals surface area contributed by atoms with Crippen LogP contribution in [0.25, 0.3) is 0 Å². The monoisotopic (exact) mass is 342 g/mol. The summed E-state index contributed by atoms with van der Waals surface area (Å²) in [6, 6.07) is 2.67. The fraction of sp³-hybridized carbons (Fsp3) is 0.111. The molecular weight excluding hydrogens is 338 g/mol. The van der Waals surface area contributed by atoms with Gasteiger partial charge in [0.1, 0.15) is 18.2 Å². The maximum Gasteiger partial charge on any atom is 0.145 e. The molecule has 0 N–H and O–H groups in total. The standard InChI is InChI=1S/C9H6Br2ClFO/c1-5(10)4-14-9-3-8(13)7(12)2-6(9)11/h2-3H,1,4H2. The van der Waals surface area contributed by atoms with Gasteiger partial charge in [-0.2, -0.15) is 0 Å². The van der Waals surface area contributed by atoms with E-state index in [1.54, 1.807) is 0 Å². The first-order valence-electron chi connectivity index (χ1n) is 3.61. The molecule has 0 aliphatic carbocycles. The third-order valence-electron chi connectivity index (χ3n) is 1.36. The van der Waals surface area contributed by atoms with E-state index in [1.165, 1.54) is 12.1 Å². The summed E-state index contributed by atoms with van der Waals surface area (Å²) in [6.45, 7) is 3.87. The number of hydrogen-bond donors (Lipinski definition) is 0. The molecule has 1 aromatic rings. The highest BCUT2D eigenvalue weighted by Gasteiger charge is 2.07. The van der Waals surface area contributed by atoms with Crippen LogP contribution in [0, 0.1) is 5.82 Å². The molecule has 1 nitrogen and oxygen atoms in total. The first kappa shape index (κ1) is 12.0. The SMILES string of the molecule is C=C(Br)COc1cc(F)c(Cl)cc1Br. The normalized spacial score (nSPS) is 10.0. The average molecular weight is 344 g/mol. The number of hydrogen-bond acceptors (Lipinski definition) is 1.